The summed E-state index contributed by atoms with van der Waals surface area (Å²) in [4.78, 5) is 23.9. The second-order valence-corrected chi connectivity index (χ2v) is 7.28. The van der Waals surface area contributed by atoms with E-state index >= 15 is 0 Å². The Hall–Kier alpha value is -1.82. The van der Waals surface area contributed by atoms with Crippen molar-refractivity contribution in [3.05, 3.63) is 42.1 Å². The number of carbonyl (C=O) groups excluding carboxylic acids is 1. The number of rotatable bonds is 6. The van der Waals surface area contributed by atoms with Crippen LogP contribution in [0, 0.1) is 0 Å². The summed E-state index contributed by atoms with van der Waals surface area (Å²) in [7, 11) is 0. The van der Waals surface area contributed by atoms with Crippen molar-refractivity contribution in [3.63, 3.8) is 0 Å². The van der Waals surface area contributed by atoms with Crippen LogP contribution in [0.3, 0.4) is 0 Å². The van der Waals surface area contributed by atoms with E-state index in [1.807, 2.05) is 29.5 Å². The molecule has 1 amide bonds. The number of hydrogen-bond donors (Lipinski definition) is 0. The number of aryl methyl sites for hydroxylation is 1. The van der Waals surface area contributed by atoms with Crippen molar-refractivity contribution in [3.8, 4) is 0 Å². The average Bonchev–Trinajstić information content (AvgIpc) is 3.14. The molecule has 25 heavy (non-hydrogen) atoms. The first kappa shape index (κ1) is 18.0. The fraction of sp³-hybridized carbons (Fsp3) is 0.526. The minimum Gasteiger partial charge on any atom is -0.338 e. The topological polar surface area (TPSA) is 51.0 Å². The number of likely N-dealkylation sites (tertiary alicyclic amines) is 1. The monoisotopic (exact) mass is 358 g/mol. The van der Waals surface area contributed by atoms with E-state index in [1.54, 1.807) is 6.20 Å². The molecule has 0 aliphatic carbocycles. The highest BCUT2D eigenvalue weighted by Crippen LogP contribution is 2.28. The van der Waals surface area contributed by atoms with Gasteiger partial charge in [-0.2, -0.15) is 0 Å². The molecule has 0 saturated carbocycles. The van der Waals surface area contributed by atoms with Crippen LogP contribution in [-0.2, 0) is 6.54 Å². The van der Waals surface area contributed by atoms with E-state index < -0.39 is 0 Å². The Kier molecular flexibility index (Phi) is 6.13. The Balaban J connectivity index is 1.75. The first-order chi connectivity index (χ1) is 12.2. The maximum Gasteiger partial charge on any atom is 0.256 e. The van der Waals surface area contributed by atoms with Crippen LogP contribution >= 0.6 is 11.8 Å². The first-order valence-corrected chi connectivity index (χ1v) is 10.3. The molecule has 1 saturated heterocycles. The van der Waals surface area contributed by atoms with E-state index in [4.69, 9.17) is 0 Å². The van der Waals surface area contributed by atoms with Gasteiger partial charge in [0, 0.05) is 44.1 Å². The summed E-state index contributed by atoms with van der Waals surface area (Å²) in [6, 6.07) is 3.72. The average molecular weight is 359 g/mol. The summed E-state index contributed by atoms with van der Waals surface area (Å²) in [5.74, 6) is 1.54. The lowest BCUT2D eigenvalue weighted by Crippen LogP contribution is -2.40. The van der Waals surface area contributed by atoms with E-state index in [1.165, 1.54) is 18.2 Å². The van der Waals surface area contributed by atoms with Crippen molar-refractivity contribution in [2.75, 3.05) is 19.3 Å². The minimum absolute atomic E-state index is 0.0915. The Morgan fingerprint density at radius 2 is 2.24 bits per heavy atom. The van der Waals surface area contributed by atoms with E-state index in [-0.39, 0.29) is 5.91 Å². The molecule has 2 aromatic heterocycles. The van der Waals surface area contributed by atoms with Crippen molar-refractivity contribution in [1.29, 1.82) is 0 Å². The van der Waals surface area contributed by atoms with Crippen LogP contribution in [0.2, 0.25) is 0 Å². The van der Waals surface area contributed by atoms with Gasteiger partial charge >= 0.3 is 0 Å². The lowest BCUT2D eigenvalue weighted by molar-refractivity contribution is 0.0699. The van der Waals surface area contributed by atoms with Gasteiger partial charge in [0.1, 0.15) is 10.9 Å². The zero-order valence-electron chi connectivity index (χ0n) is 15.0. The van der Waals surface area contributed by atoms with Gasteiger partial charge in [-0.15, -0.1) is 11.8 Å². The largest absolute Gasteiger partial charge is 0.338 e. The number of pyridine rings is 1. The maximum atomic E-state index is 13.0. The standard InChI is InChI=1S/C19H26N4OS/c1-3-4-11-22-13-10-20-17(22)15-7-6-12-23(14-15)19(24)16-8-5-9-21-18(16)25-2/h5,8-10,13,15H,3-4,6-7,11-12,14H2,1-2H3/t15-/m1/s1. The lowest BCUT2D eigenvalue weighted by Gasteiger charge is -2.33. The van der Waals surface area contributed by atoms with Gasteiger partial charge in [-0.25, -0.2) is 9.97 Å². The second kappa shape index (κ2) is 8.52. The van der Waals surface area contributed by atoms with E-state index in [9.17, 15) is 4.79 Å². The Morgan fingerprint density at radius 3 is 3.04 bits per heavy atom. The molecule has 0 unspecified atom stereocenters. The zero-order valence-corrected chi connectivity index (χ0v) is 15.8. The molecule has 134 valence electrons. The molecule has 0 spiro atoms. The number of imidazole rings is 1. The molecule has 1 fully saturated rings. The fourth-order valence-corrected chi connectivity index (χ4v) is 4.00. The van der Waals surface area contributed by atoms with Gasteiger partial charge in [0.2, 0.25) is 0 Å². The Morgan fingerprint density at radius 1 is 1.36 bits per heavy atom. The van der Waals surface area contributed by atoms with Crippen LogP contribution < -0.4 is 0 Å². The van der Waals surface area contributed by atoms with Gasteiger partial charge in [0.05, 0.1) is 5.56 Å². The van der Waals surface area contributed by atoms with Crippen LogP contribution in [0.5, 0.6) is 0 Å². The third-order valence-electron chi connectivity index (χ3n) is 4.77. The molecule has 0 N–H and O–H groups in total. The zero-order chi connectivity index (χ0) is 17.6. The van der Waals surface area contributed by atoms with E-state index in [0.29, 0.717) is 11.5 Å². The minimum atomic E-state index is 0.0915. The predicted octanol–water partition coefficient (Wildman–Crippen LogP) is 3.82. The van der Waals surface area contributed by atoms with Crippen LogP contribution in [0.25, 0.3) is 0 Å². The summed E-state index contributed by atoms with van der Waals surface area (Å²) >= 11 is 1.52. The summed E-state index contributed by atoms with van der Waals surface area (Å²) in [5.41, 5.74) is 0.713. The van der Waals surface area contributed by atoms with Crippen molar-refractivity contribution >= 4 is 17.7 Å². The number of hydrogen-bond acceptors (Lipinski definition) is 4. The van der Waals surface area contributed by atoms with Gasteiger partial charge in [-0.05, 0) is 37.7 Å². The quantitative estimate of drug-likeness (QED) is 0.737. The molecule has 0 bridgehead atoms. The number of nitrogens with zero attached hydrogens (tertiary/aromatic N) is 4. The third kappa shape index (κ3) is 4.06. The number of thioether (sulfide) groups is 1. The number of amides is 1. The molecule has 3 heterocycles. The van der Waals surface area contributed by atoms with Gasteiger partial charge in [-0.1, -0.05) is 13.3 Å². The molecular formula is C19H26N4OS. The highest BCUT2D eigenvalue weighted by Gasteiger charge is 2.29. The van der Waals surface area contributed by atoms with Crippen molar-refractivity contribution in [1.82, 2.24) is 19.4 Å². The van der Waals surface area contributed by atoms with Crippen LogP contribution in [0.1, 0.15) is 54.7 Å². The normalized spacial score (nSPS) is 17.7. The molecule has 1 aliphatic rings. The first-order valence-electron chi connectivity index (χ1n) is 9.04. The number of carbonyl (C=O) groups is 1. The summed E-state index contributed by atoms with van der Waals surface area (Å²) in [5, 5.41) is 0.805. The van der Waals surface area contributed by atoms with Crippen LogP contribution in [0.4, 0.5) is 0 Å². The summed E-state index contributed by atoms with van der Waals surface area (Å²) in [6.07, 6.45) is 12.1. The van der Waals surface area contributed by atoms with Crippen molar-refractivity contribution < 1.29 is 4.79 Å². The SMILES string of the molecule is CCCCn1ccnc1[C@@H]1CCCN(C(=O)c2cccnc2SC)C1. The van der Waals surface area contributed by atoms with Gasteiger partial charge in [-0.3, -0.25) is 4.79 Å². The summed E-state index contributed by atoms with van der Waals surface area (Å²) < 4.78 is 2.26. The number of piperidine rings is 1. The molecule has 5 nitrogen and oxygen atoms in total. The molecule has 0 aromatic carbocycles. The predicted molar refractivity (Wildman–Crippen MR) is 101 cm³/mol. The van der Waals surface area contributed by atoms with Crippen molar-refractivity contribution in [2.24, 2.45) is 0 Å². The maximum absolute atomic E-state index is 13.0. The summed E-state index contributed by atoms with van der Waals surface area (Å²) in [6.45, 7) is 4.77. The second-order valence-electron chi connectivity index (χ2n) is 6.48. The highest BCUT2D eigenvalue weighted by atomic mass is 32.2. The molecular weight excluding hydrogens is 332 g/mol. The number of unbranched alkanes of at least 4 members (excludes halogenated alkanes) is 1. The molecule has 0 radical (unpaired) electrons. The molecule has 1 aliphatic heterocycles. The van der Waals surface area contributed by atoms with Crippen LogP contribution in [0.15, 0.2) is 35.7 Å². The van der Waals surface area contributed by atoms with Crippen molar-refractivity contribution in [2.45, 2.75) is 50.1 Å². The third-order valence-corrected chi connectivity index (χ3v) is 5.48. The molecule has 1 atom stereocenters. The Labute approximate surface area is 153 Å². The number of aromatic nitrogens is 3. The Bertz CT molecular complexity index is 715. The van der Waals surface area contributed by atoms with Crippen LogP contribution in [-0.4, -0.2) is 44.7 Å². The fourth-order valence-electron chi connectivity index (χ4n) is 3.46. The lowest BCUT2D eigenvalue weighted by atomic mass is 9.96. The molecule has 3 rings (SSSR count). The smallest absolute Gasteiger partial charge is 0.256 e. The van der Waals surface area contributed by atoms with E-state index in [2.05, 4.69) is 27.7 Å². The van der Waals surface area contributed by atoms with Gasteiger partial charge in [0.25, 0.3) is 5.91 Å². The van der Waals surface area contributed by atoms with Gasteiger partial charge in [0.15, 0.2) is 0 Å². The van der Waals surface area contributed by atoms with E-state index in [0.717, 1.165) is 49.7 Å². The molecule has 6 heteroatoms. The highest BCUT2D eigenvalue weighted by molar-refractivity contribution is 7.98. The van der Waals surface area contributed by atoms with Gasteiger partial charge < -0.3 is 9.47 Å². The molecule has 2 aromatic rings.